The van der Waals surface area contributed by atoms with Crippen molar-refractivity contribution < 1.29 is 9.53 Å². The fourth-order valence-corrected chi connectivity index (χ4v) is 3.59. The standard InChI is InChI=1S/C21H28N6O2S/c1-21(2,3)29-20(28)27(12-17-23-14-8-6-7-9-15(14)24-17)11-10-18-25-16(13-30-18)19(22)26(4)5/h6-9,13,22H,10-12H2,1-5H3,(H,23,24). The van der Waals surface area contributed by atoms with E-state index in [0.717, 1.165) is 16.0 Å². The molecule has 0 radical (unpaired) electrons. The molecule has 3 aromatic rings. The van der Waals surface area contributed by atoms with Gasteiger partial charge in [-0.15, -0.1) is 11.3 Å². The predicted octanol–water partition coefficient (Wildman–Crippen LogP) is 3.89. The van der Waals surface area contributed by atoms with Gasteiger partial charge >= 0.3 is 6.09 Å². The van der Waals surface area contributed by atoms with Crippen molar-refractivity contribution in [3.05, 3.63) is 46.2 Å². The molecule has 0 aliphatic carbocycles. The molecule has 1 amide bonds. The number of hydrogen-bond acceptors (Lipinski definition) is 6. The number of carbonyl (C=O) groups is 1. The first-order valence-electron chi connectivity index (χ1n) is 9.74. The second kappa shape index (κ2) is 8.83. The molecule has 0 spiro atoms. The molecule has 0 aliphatic heterocycles. The average molecular weight is 429 g/mol. The topological polar surface area (TPSA) is 98.2 Å². The molecule has 160 valence electrons. The molecular formula is C21H28N6O2S. The number of fused-ring (bicyclic) bond motifs is 1. The number of rotatable bonds is 6. The van der Waals surface area contributed by atoms with Gasteiger partial charge in [0, 0.05) is 32.4 Å². The number of nitrogens with zero attached hydrogens (tertiary/aromatic N) is 4. The van der Waals surface area contributed by atoms with Gasteiger partial charge in [0.05, 0.1) is 22.6 Å². The van der Waals surface area contributed by atoms with Crippen LogP contribution in [0.15, 0.2) is 29.6 Å². The molecule has 1 aromatic carbocycles. The summed E-state index contributed by atoms with van der Waals surface area (Å²) in [5.74, 6) is 1.07. The Morgan fingerprint density at radius 2 is 1.97 bits per heavy atom. The molecule has 0 saturated carbocycles. The van der Waals surface area contributed by atoms with Crippen LogP contribution in [0.1, 0.15) is 37.3 Å². The molecule has 0 aliphatic rings. The number of aromatic amines is 1. The molecule has 2 heterocycles. The highest BCUT2D eigenvalue weighted by atomic mass is 32.1. The van der Waals surface area contributed by atoms with E-state index in [1.165, 1.54) is 11.3 Å². The average Bonchev–Trinajstić information content (AvgIpc) is 3.29. The van der Waals surface area contributed by atoms with E-state index in [0.29, 0.717) is 36.9 Å². The summed E-state index contributed by atoms with van der Waals surface area (Å²) in [6.07, 6.45) is 0.186. The Balaban J connectivity index is 1.74. The van der Waals surface area contributed by atoms with Gasteiger partial charge in [-0.05, 0) is 32.9 Å². The lowest BCUT2D eigenvalue weighted by Crippen LogP contribution is -2.37. The van der Waals surface area contributed by atoms with Crippen LogP contribution in [0.2, 0.25) is 0 Å². The lowest BCUT2D eigenvalue weighted by Gasteiger charge is -2.26. The van der Waals surface area contributed by atoms with E-state index >= 15 is 0 Å². The van der Waals surface area contributed by atoms with E-state index < -0.39 is 5.60 Å². The van der Waals surface area contributed by atoms with Gasteiger partial charge in [0.25, 0.3) is 0 Å². The molecule has 0 saturated heterocycles. The summed E-state index contributed by atoms with van der Waals surface area (Å²) in [7, 11) is 3.64. The van der Waals surface area contributed by atoms with E-state index in [1.54, 1.807) is 9.80 Å². The Kier molecular flexibility index (Phi) is 6.40. The molecule has 0 bridgehead atoms. The quantitative estimate of drug-likeness (QED) is 0.458. The summed E-state index contributed by atoms with van der Waals surface area (Å²) < 4.78 is 5.60. The number of ether oxygens (including phenoxy) is 1. The van der Waals surface area contributed by atoms with Crippen LogP contribution >= 0.6 is 11.3 Å². The van der Waals surface area contributed by atoms with Crippen molar-refractivity contribution in [3.63, 3.8) is 0 Å². The van der Waals surface area contributed by atoms with Crippen molar-refractivity contribution >= 4 is 34.3 Å². The minimum Gasteiger partial charge on any atom is -0.444 e. The predicted molar refractivity (Wildman–Crippen MR) is 119 cm³/mol. The van der Waals surface area contributed by atoms with Gasteiger partial charge in [-0.2, -0.15) is 0 Å². The summed E-state index contributed by atoms with van der Waals surface area (Å²) in [4.78, 5) is 28.5. The first-order chi connectivity index (χ1) is 14.1. The number of thiazole rings is 1. The number of hydrogen-bond donors (Lipinski definition) is 2. The number of nitrogens with one attached hydrogen (secondary N) is 2. The van der Waals surface area contributed by atoms with Gasteiger partial charge in [-0.1, -0.05) is 12.1 Å². The van der Waals surface area contributed by atoms with Gasteiger partial charge in [0.1, 0.15) is 23.0 Å². The van der Waals surface area contributed by atoms with Crippen molar-refractivity contribution in [2.45, 2.75) is 39.3 Å². The van der Waals surface area contributed by atoms with Crippen LogP contribution in [0.3, 0.4) is 0 Å². The SMILES string of the molecule is CN(C)C(=N)c1csc(CCN(Cc2nc3ccccc3[nH]2)C(=O)OC(C)(C)C)n1. The maximum Gasteiger partial charge on any atom is 0.410 e. The number of carbonyl (C=O) groups excluding carboxylic acids is 1. The normalized spacial score (nSPS) is 11.5. The number of aromatic nitrogens is 3. The van der Waals surface area contributed by atoms with Crippen LogP contribution in [0.25, 0.3) is 11.0 Å². The Hall–Kier alpha value is -2.94. The summed E-state index contributed by atoms with van der Waals surface area (Å²) in [5.41, 5.74) is 1.85. The number of para-hydroxylation sites is 2. The molecule has 0 unspecified atom stereocenters. The van der Waals surface area contributed by atoms with Crippen molar-refractivity contribution in [1.29, 1.82) is 5.41 Å². The number of benzene rings is 1. The molecule has 3 rings (SSSR count). The highest BCUT2D eigenvalue weighted by molar-refractivity contribution is 7.09. The first-order valence-corrected chi connectivity index (χ1v) is 10.6. The van der Waals surface area contributed by atoms with Gasteiger partial charge in [0.15, 0.2) is 0 Å². The summed E-state index contributed by atoms with van der Waals surface area (Å²) >= 11 is 1.49. The number of imidazole rings is 1. The Morgan fingerprint density at radius 3 is 2.63 bits per heavy atom. The number of amides is 1. The Labute approximate surface area is 180 Å². The lowest BCUT2D eigenvalue weighted by molar-refractivity contribution is 0.0231. The van der Waals surface area contributed by atoms with Crippen molar-refractivity contribution in [2.75, 3.05) is 20.6 Å². The van der Waals surface area contributed by atoms with Gasteiger partial charge in [-0.25, -0.2) is 14.8 Å². The molecule has 0 atom stereocenters. The third kappa shape index (κ3) is 5.56. The van der Waals surface area contributed by atoms with Crippen LogP contribution in [0.5, 0.6) is 0 Å². The zero-order valence-corrected chi connectivity index (χ0v) is 18.8. The second-order valence-corrected chi connectivity index (χ2v) is 9.16. The summed E-state index contributed by atoms with van der Waals surface area (Å²) in [6.45, 7) is 6.31. The van der Waals surface area contributed by atoms with Crippen LogP contribution in [-0.4, -0.2) is 62.9 Å². The zero-order chi connectivity index (χ0) is 21.9. The fraction of sp³-hybridized carbons (Fsp3) is 0.429. The summed E-state index contributed by atoms with van der Waals surface area (Å²) in [5, 5.41) is 10.8. The van der Waals surface area contributed by atoms with Gasteiger partial charge < -0.3 is 19.5 Å². The monoisotopic (exact) mass is 428 g/mol. The number of H-pyrrole nitrogens is 1. The van der Waals surface area contributed by atoms with Crippen LogP contribution in [-0.2, 0) is 17.7 Å². The zero-order valence-electron chi connectivity index (χ0n) is 18.0. The molecule has 2 aromatic heterocycles. The maximum atomic E-state index is 12.8. The van der Waals surface area contributed by atoms with E-state index in [2.05, 4.69) is 15.0 Å². The Bertz CT molecular complexity index is 1000. The largest absolute Gasteiger partial charge is 0.444 e. The Morgan fingerprint density at radius 1 is 1.23 bits per heavy atom. The van der Waals surface area contributed by atoms with Crippen molar-refractivity contribution in [3.8, 4) is 0 Å². The van der Waals surface area contributed by atoms with Crippen LogP contribution in [0, 0.1) is 5.41 Å². The molecule has 30 heavy (non-hydrogen) atoms. The highest BCUT2D eigenvalue weighted by Gasteiger charge is 2.23. The smallest absolute Gasteiger partial charge is 0.410 e. The van der Waals surface area contributed by atoms with E-state index in [1.807, 2.05) is 64.5 Å². The minimum absolute atomic E-state index is 0.315. The highest BCUT2D eigenvalue weighted by Crippen LogP contribution is 2.17. The summed E-state index contributed by atoms with van der Waals surface area (Å²) in [6, 6.07) is 7.77. The van der Waals surface area contributed by atoms with E-state index in [9.17, 15) is 4.79 Å². The van der Waals surface area contributed by atoms with Crippen molar-refractivity contribution in [2.24, 2.45) is 0 Å². The van der Waals surface area contributed by atoms with Gasteiger partial charge in [-0.3, -0.25) is 5.41 Å². The molecule has 2 N–H and O–H groups in total. The first kappa shape index (κ1) is 21.8. The molecule has 0 fully saturated rings. The second-order valence-electron chi connectivity index (χ2n) is 8.22. The fourth-order valence-electron chi connectivity index (χ4n) is 2.82. The van der Waals surface area contributed by atoms with Crippen LogP contribution < -0.4 is 0 Å². The molecule has 8 nitrogen and oxygen atoms in total. The lowest BCUT2D eigenvalue weighted by atomic mass is 10.2. The molecular weight excluding hydrogens is 400 g/mol. The molecule has 9 heteroatoms. The number of amidine groups is 1. The van der Waals surface area contributed by atoms with Crippen LogP contribution in [0.4, 0.5) is 4.79 Å². The van der Waals surface area contributed by atoms with Crippen molar-refractivity contribution in [1.82, 2.24) is 24.8 Å². The third-order valence-corrected chi connectivity index (χ3v) is 5.18. The minimum atomic E-state index is -0.585. The third-order valence-electron chi connectivity index (χ3n) is 4.27. The van der Waals surface area contributed by atoms with E-state index in [-0.39, 0.29) is 6.09 Å². The van der Waals surface area contributed by atoms with E-state index in [4.69, 9.17) is 10.1 Å². The van der Waals surface area contributed by atoms with Gasteiger partial charge in [0.2, 0.25) is 0 Å². The maximum absolute atomic E-state index is 12.8.